The maximum absolute atomic E-state index is 12.2. The van der Waals surface area contributed by atoms with Crippen LogP contribution in [-0.4, -0.2) is 50.9 Å². The molecule has 1 aliphatic heterocycles. The van der Waals surface area contributed by atoms with Crippen molar-refractivity contribution in [2.75, 3.05) is 26.2 Å². The van der Waals surface area contributed by atoms with Gasteiger partial charge in [-0.2, -0.15) is 0 Å². The van der Waals surface area contributed by atoms with E-state index in [0.717, 1.165) is 13.1 Å². The Labute approximate surface area is 161 Å². The van der Waals surface area contributed by atoms with Gasteiger partial charge in [0.2, 0.25) is 15.9 Å². The van der Waals surface area contributed by atoms with Gasteiger partial charge in [0.15, 0.2) is 0 Å². The molecule has 0 spiro atoms. The normalized spacial score (nSPS) is 16.4. The third-order valence-corrected chi connectivity index (χ3v) is 6.37. The van der Waals surface area contributed by atoms with Crippen molar-refractivity contribution in [3.8, 4) is 0 Å². The lowest BCUT2D eigenvalue weighted by atomic mass is 9.98. The minimum atomic E-state index is -3.66. The number of carbonyl (C=O) groups excluding carboxylic acids is 1. The summed E-state index contributed by atoms with van der Waals surface area (Å²) in [4.78, 5) is 14.6. The Balaban J connectivity index is 1.76. The fraction of sp³-hybridized carbons (Fsp3) is 0.611. The minimum Gasteiger partial charge on any atom is -0.354 e. The van der Waals surface area contributed by atoms with Crippen LogP contribution < -0.4 is 10.0 Å². The van der Waals surface area contributed by atoms with E-state index in [9.17, 15) is 13.2 Å². The zero-order valence-electron chi connectivity index (χ0n) is 15.4. The highest BCUT2D eigenvalue weighted by Gasteiger charge is 2.28. The Morgan fingerprint density at radius 3 is 2.58 bits per heavy atom. The molecule has 0 saturated carbocycles. The third-order valence-electron chi connectivity index (χ3n) is 4.68. The molecule has 1 aliphatic rings. The predicted molar refractivity (Wildman–Crippen MR) is 104 cm³/mol. The number of halogens is 1. The second-order valence-corrected chi connectivity index (χ2v) is 9.45. The second kappa shape index (κ2) is 9.17. The molecule has 0 bridgehead atoms. The van der Waals surface area contributed by atoms with E-state index in [-0.39, 0.29) is 29.3 Å². The van der Waals surface area contributed by atoms with Gasteiger partial charge in [0, 0.05) is 30.1 Å². The molecule has 1 fully saturated rings. The highest BCUT2D eigenvalue weighted by atomic mass is 35.5. The van der Waals surface area contributed by atoms with Crippen LogP contribution >= 0.6 is 11.6 Å². The van der Waals surface area contributed by atoms with E-state index in [1.165, 1.54) is 31.4 Å². The van der Waals surface area contributed by atoms with Crippen LogP contribution in [0.5, 0.6) is 0 Å². The molecule has 0 radical (unpaired) electrons. The third kappa shape index (κ3) is 6.23. The van der Waals surface area contributed by atoms with Crippen LogP contribution in [-0.2, 0) is 14.8 Å². The zero-order valence-corrected chi connectivity index (χ0v) is 17.0. The maximum atomic E-state index is 12.2. The maximum Gasteiger partial charge on any atom is 0.240 e. The number of likely N-dealkylation sites (tertiary alicyclic amines) is 1. The fourth-order valence-electron chi connectivity index (χ4n) is 3.03. The standard InChI is InChI=1S/C18H28ClN3O3S/c1-18(2,22-11-4-3-5-12-22)14-20-17(23)9-10-21-26(24,25)16-8-6-7-15(19)13-16/h6-8,13,21H,3-5,9-12,14H2,1-2H3,(H,20,23). The number of piperidine rings is 1. The van der Waals surface area contributed by atoms with Crippen molar-refractivity contribution in [1.82, 2.24) is 14.9 Å². The van der Waals surface area contributed by atoms with Crippen molar-refractivity contribution in [2.45, 2.75) is 50.0 Å². The predicted octanol–water partition coefficient (Wildman–Crippen LogP) is 2.39. The summed E-state index contributed by atoms with van der Waals surface area (Å²) in [5.74, 6) is -0.163. The van der Waals surface area contributed by atoms with Crippen LogP contribution in [0, 0.1) is 0 Å². The van der Waals surface area contributed by atoms with Gasteiger partial charge in [-0.3, -0.25) is 9.69 Å². The molecular weight excluding hydrogens is 374 g/mol. The van der Waals surface area contributed by atoms with Gasteiger partial charge in [-0.05, 0) is 58.0 Å². The lowest BCUT2D eigenvalue weighted by molar-refractivity contribution is -0.121. The van der Waals surface area contributed by atoms with Gasteiger partial charge < -0.3 is 5.32 Å². The van der Waals surface area contributed by atoms with Gasteiger partial charge in [-0.15, -0.1) is 0 Å². The molecule has 0 atom stereocenters. The zero-order chi connectivity index (χ0) is 19.2. The van der Waals surface area contributed by atoms with Crippen LogP contribution in [0.4, 0.5) is 0 Å². The number of sulfonamides is 1. The highest BCUT2D eigenvalue weighted by Crippen LogP contribution is 2.20. The van der Waals surface area contributed by atoms with Gasteiger partial charge in [0.25, 0.3) is 0 Å². The van der Waals surface area contributed by atoms with Gasteiger partial charge in [0.1, 0.15) is 0 Å². The monoisotopic (exact) mass is 401 g/mol. The Hall–Kier alpha value is -1.15. The topological polar surface area (TPSA) is 78.5 Å². The first-order chi connectivity index (χ1) is 12.2. The first kappa shape index (κ1) is 21.2. The SMILES string of the molecule is CC(C)(CNC(=O)CCNS(=O)(=O)c1cccc(Cl)c1)N1CCCCC1. The number of rotatable bonds is 8. The van der Waals surface area contributed by atoms with Crippen molar-refractivity contribution < 1.29 is 13.2 Å². The molecule has 2 rings (SSSR count). The summed E-state index contributed by atoms with van der Waals surface area (Å²) in [5, 5.41) is 3.27. The van der Waals surface area contributed by atoms with Gasteiger partial charge in [0.05, 0.1) is 4.90 Å². The van der Waals surface area contributed by atoms with Crippen LogP contribution in [0.1, 0.15) is 39.5 Å². The van der Waals surface area contributed by atoms with Crippen LogP contribution in [0.2, 0.25) is 5.02 Å². The van der Waals surface area contributed by atoms with Crippen LogP contribution in [0.15, 0.2) is 29.2 Å². The smallest absolute Gasteiger partial charge is 0.240 e. The number of nitrogens with zero attached hydrogens (tertiary/aromatic N) is 1. The molecule has 146 valence electrons. The fourth-order valence-corrected chi connectivity index (χ4v) is 4.36. The lowest BCUT2D eigenvalue weighted by Crippen LogP contribution is -2.53. The summed E-state index contributed by atoms with van der Waals surface area (Å²) in [6, 6.07) is 6.03. The summed E-state index contributed by atoms with van der Waals surface area (Å²) in [5.41, 5.74) is -0.101. The molecule has 1 saturated heterocycles. The molecule has 1 heterocycles. The number of nitrogens with one attached hydrogen (secondary N) is 2. The van der Waals surface area contributed by atoms with E-state index in [4.69, 9.17) is 11.6 Å². The van der Waals surface area contributed by atoms with Gasteiger partial charge in [-0.25, -0.2) is 13.1 Å². The number of benzene rings is 1. The number of carbonyl (C=O) groups is 1. The Morgan fingerprint density at radius 1 is 1.23 bits per heavy atom. The first-order valence-corrected chi connectivity index (χ1v) is 10.8. The minimum absolute atomic E-state index is 0.0465. The quantitative estimate of drug-likeness (QED) is 0.701. The molecule has 2 N–H and O–H groups in total. The summed E-state index contributed by atoms with van der Waals surface area (Å²) in [6.45, 7) is 6.96. The van der Waals surface area contributed by atoms with Crippen LogP contribution in [0.25, 0.3) is 0 Å². The molecule has 8 heteroatoms. The van der Waals surface area contributed by atoms with E-state index < -0.39 is 10.0 Å². The van der Waals surface area contributed by atoms with Crippen molar-refractivity contribution in [2.24, 2.45) is 0 Å². The average molecular weight is 402 g/mol. The van der Waals surface area contributed by atoms with E-state index in [2.05, 4.69) is 28.8 Å². The molecule has 0 unspecified atom stereocenters. The highest BCUT2D eigenvalue weighted by molar-refractivity contribution is 7.89. The van der Waals surface area contributed by atoms with Gasteiger partial charge in [-0.1, -0.05) is 24.1 Å². The number of amides is 1. The van der Waals surface area contributed by atoms with Crippen molar-refractivity contribution in [1.29, 1.82) is 0 Å². The van der Waals surface area contributed by atoms with E-state index >= 15 is 0 Å². The molecule has 1 aromatic rings. The Morgan fingerprint density at radius 2 is 1.92 bits per heavy atom. The largest absolute Gasteiger partial charge is 0.354 e. The van der Waals surface area contributed by atoms with Crippen molar-refractivity contribution >= 4 is 27.5 Å². The lowest BCUT2D eigenvalue weighted by Gasteiger charge is -2.41. The number of hydrogen-bond acceptors (Lipinski definition) is 4. The summed E-state index contributed by atoms with van der Waals surface area (Å²) in [6.07, 6.45) is 3.76. The molecule has 0 aromatic heterocycles. The van der Waals surface area contributed by atoms with E-state index in [1.807, 2.05) is 0 Å². The average Bonchev–Trinajstić information content (AvgIpc) is 2.61. The van der Waals surface area contributed by atoms with E-state index in [0.29, 0.717) is 11.6 Å². The summed E-state index contributed by atoms with van der Waals surface area (Å²) < 4.78 is 26.8. The Kier molecular flexibility index (Phi) is 7.46. The Bertz CT molecular complexity index is 716. The van der Waals surface area contributed by atoms with Crippen molar-refractivity contribution in [3.63, 3.8) is 0 Å². The summed E-state index contributed by atoms with van der Waals surface area (Å²) >= 11 is 5.82. The summed E-state index contributed by atoms with van der Waals surface area (Å²) in [7, 11) is -3.66. The molecule has 1 aromatic carbocycles. The second-order valence-electron chi connectivity index (χ2n) is 7.24. The molecule has 6 nitrogen and oxygen atoms in total. The number of hydrogen-bond donors (Lipinski definition) is 2. The van der Waals surface area contributed by atoms with E-state index in [1.54, 1.807) is 12.1 Å². The van der Waals surface area contributed by atoms with Crippen LogP contribution in [0.3, 0.4) is 0 Å². The molecule has 0 aliphatic carbocycles. The van der Waals surface area contributed by atoms with Crippen molar-refractivity contribution in [3.05, 3.63) is 29.3 Å². The molecule has 1 amide bonds. The van der Waals surface area contributed by atoms with Gasteiger partial charge >= 0.3 is 0 Å². The first-order valence-electron chi connectivity index (χ1n) is 8.98. The molecule has 26 heavy (non-hydrogen) atoms. The molecular formula is C18H28ClN3O3S.